The zero-order valence-electron chi connectivity index (χ0n) is 9.25. The minimum Gasteiger partial charge on any atom is -0.480 e. The van der Waals surface area contributed by atoms with Crippen molar-refractivity contribution in [2.75, 3.05) is 0 Å². The van der Waals surface area contributed by atoms with Gasteiger partial charge in [-0.3, -0.25) is 4.79 Å². The number of carboxylic acids is 1. The summed E-state index contributed by atoms with van der Waals surface area (Å²) in [4.78, 5) is 15.3. The summed E-state index contributed by atoms with van der Waals surface area (Å²) < 4.78 is 0.684. The number of halogens is 1. The first-order chi connectivity index (χ1) is 8.65. The number of aromatic nitrogens is 1. The highest BCUT2D eigenvalue weighted by Gasteiger charge is 2.21. The summed E-state index contributed by atoms with van der Waals surface area (Å²) in [5.74, 6) is -0.838. The van der Waals surface area contributed by atoms with Gasteiger partial charge in [-0.1, -0.05) is 53.7 Å². The first kappa shape index (κ1) is 13.4. The van der Waals surface area contributed by atoms with E-state index < -0.39 is 11.2 Å². The molecule has 94 valence electrons. The third kappa shape index (κ3) is 3.73. The van der Waals surface area contributed by atoms with Gasteiger partial charge >= 0.3 is 5.97 Å². The van der Waals surface area contributed by atoms with Crippen molar-refractivity contribution in [3.63, 3.8) is 0 Å². The zero-order valence-corrected chi connectivity index (χ0v) is 11.6. The number of hydrogen-bond donors (Lipinski definition) is 1. The molecule has 0 aliphatic carbocycles. The lowest BCUT2D eigenvalue weighted by molar-refractivity contribution is -0.136. The molecule has 1 aromatic carbocycles. The maximum absolute atomic E-state index is 11.2. The van der Waals surface area contributed by atoms with E-state index in [0.29, 0.717) is 15.9 Å². The molecule has 0 amide bonds. The van der Waals surface area contributed by atoms with Crippen LogP contribution in [0.1, 0.15) is 5.56 Å². The molecule has 2 aromatic rings. The van der Waals surface area contributed by atoms with Crippen LogP contribution in [0.5, 0.6) is 0 Å². The van der Waals surface area contributed by atoms with Gasteiger partial charge < -0.3 is 5.11 Å². The first-order valence-corrected chi connectivity index (χ1v) is 7.33. The molecule has 0 aliphatic rings. The second kappa shape index (κ2) is 6.22. The Hall–Kier alpha value is -1.04. The normalized spacial score (nSPS) is 12.3. The van der Waals surface area contributed by atoms with Crippen LogP contribution in [0.3, 0.4) is 0 Å². The molecule has 0 fully saturated rings. The quantitative estimate of drug-likeness (QED) is 0.857. The molecule has 0 spiro atoms. The molecular formula is C12H10ClNO2S2. The van der Waals surface area contributed by atoms with Gasteiger partial charge in [-0.25, -0.2) is 4.98 Å². The average molecular weight is 300 g/mol. The summed E-state index contributed by atoms with van der Waals surface area (Å²) >= 11 is 8.32. The number of thiazole rings is 1. The first-order valence-electron chi connectivity index (χ1n) is 5.19. The molecule has 1 unspecified atom stereocenters. The van der Waals surface area contributed by atoms with Gasteiger partial charge in [-0.05, 0) is 12.0 Å². The number of hydrogen-bond acceptors (Lipinski definition) is 4. The Kier molecular flexibility index (Phi) is 4.63. The van der Waals surface area contributed by atoms with Crippen LogP contribution in [0.2, 0.25) is 5.15 Å². The van der Waals surface area contributed by atoms with E-state index in [9.17, 15) is 9.90 Å². The van der Waals surface area contributed by atoms with Crippen molar-refractivity contribution in [1.29, 1.82) is 0 Å². The fraction of sp³-hybridized carbons (Fsp3) is 0.167. The summed E-state index contributed by atoms with van der Waals surface area (Å²) in [7, 11) is 0. The van der Waals surface area contributed by atoms with E-state index in [1.807, 2.05) is 30.3 Å². The van der Waals surface area contributed by atoms with Crippen LogP contribution in [0.15, 0.2) is 40.1 Å². The van der Waals surface area contributed by atoms with Crippen molar-refractivity contribution in [3.8, 4) is 0 Å². The molecule has 1 N–H and O–H groups in total. The third-order valence-electron chi connectivity index (χ3n) is 2.24. The highest BCUT2D eigenvalue weighted by atomic mass is 35.5. The fourth-order valence-electron chi connectivity index (χ4n) is 1.42. The lowest BCUT2D eigenvalue weighted by atomic mass is 10.1. The molecule has 0 saturated carbocycles. The predicted octanol–water partition coefficient (Wildman–Crippen LogP) is 3.58. The van der Waals surface area contributed by atoms with E-state index in [2.05, 4.69) is 4.98 Å². The van der Waals surface area contributed by atoms with Gasteiger partial charge in [-0.2, -0.15) is 0 Å². The number of thioether (sulfide) groups is 1. The van der Waals surface area contributed by atoms with Crippen LogP contribution in [0.4, 0.5) is 0 Å². The van der Waals surface area contributed by atoms with Crippen LogP contribution in [-0.2, 0) is 11.2 Å². The standard InChI is InChI=1S/C12H10ClNO2S2/c13-10-7-17-12(14-10)18-9(11(15)16)6-8-4-2-1-3-5-8/h1-5,7,9H,6H2,(H,15,16). The minimum absolute atomic E-state index is 0.409. The number of aliphatic carboxylic acids is 1. The lowest BCUT2D eigenvalue weighted by Crippen LogP contribution is -2.19. The number of rotatable bonds is 5. The van der Waals surface area contributed by atoms with Crippen LogP contribution >= 0.6 is 34.7 Å². The maximum atomic E-state index is 11.2. The van der Waals surface area contributed by atoms with E-state index in [1.165, 1.54) is 23.1 Å². The largest absolute Gasteiger partial charge is 0.480 e. The monoisotopic (exact) mass is 299 g/mol. The van der Waals surface area contributed by atoms with Crippen molar-refractivity contribution in [3.05, 3.63) is 46.4 Å². The molecule has 3 nitrogen and oxygen atoms in total. The smallest absolute Gasteiger partial charge is 0.317 e. The molecule has 0 saturated heterocycles. The summed E-state index contributed by atoms with van der Waals surface area (Å²) in [6.45, 7) is 0. The summed E-state index contributed by atoms with van der Waals surface area (Å²) in [6.07, 6.45) is 0.470. The average Bonchev–Trinajstić information content (AvgIpc) is 2.75. The predicted molar refractivity (Wildman–Crippen MR) is 74.6 cm³/mol. The van der Waals surface area contributed by atoms with E-state index >= 15 is 0 Å². The summed E-state index contributed by atoms with van der Waals surface area (Å²) in [6, 6.07) is 9.56. The Morgan fingerprint density at radius 3 is 2.72 bits per heavy atom. The Labute approximate surface area is 118 Å². The van der Waals surface area contributed by atoms with Crippen molar-refractivity contribution >= 4 is 40.7 Å². The van der Waals surface area contributed by atoms with Crippen molar-refractivity contribution < 1.29 is 9.90 Å². The molecule has 1 aromatic heterocycles. The van der Waals surface area contributed by atoms with Gasteiger partial charge in [-0.15, -0.1) is 11.3 Å². The van der Waals surface area contributed by atoms with Gasteiger partial charge in [0.1, 0.15) is 10.4 Å². The van der Waals surface area contributed by atoms with Gasteiger partial charge in [0.05, 0.1) is 0 Å². The zero-order chi connectivity index (χ0) is 13.0. The molecule has 2 rings (SSSR count). The highest BCUT2D eigenvalue weighted by molar-refractivity contribution is 8.02. The Morgan fingerprint density at radius 2 is 2.17 bits per heavy atom. The molecule has 18 heavy (non-hydrogen) atoms. The molecule has 0 radical (unpaired) electrons. The van der Waals surface area contributed by atoms with E-state index in [-0.39, 0.29) is 0 Å². The van der Waals surface area contributed by atoms with E-state index in [0.717, 1.165) is 5.56 Å². The van der Waals surface area contributed by atoms with Crippen LogP contribution in [0, 0.1) is 0 Å². The maximum Gasteiger partial charge on any atom is 0.317 e. The molecule has 6 heteroatoms. The second-order valence-corrected chi connectivity index (χ2v) is 6.27. The Bertz CT molecular complexity index is 530. The third-order valence-corrected chi connectivity index (χ3v) is 4.72. The van der Waals surface area contributed by atoms with Gasteiger partial charge in [0.15, 0.2) is 4.34 Å². The van der Waals surface area contributed by atoms with E-state index in [4.69, 9.17) is 11.6 Å². The summed E-state index contributed by atoms with van der Waals surface area (Å²) in [5.41, 5.74) is 1.00. The molecule has 1 atom stereocenters. The van der Waals surface area contributed by atoms with Crippen LogP contribution < -0.4 is 0 Å². The van der Waals surface area contributed by atoms with Crippen molar-refractivity contribution in [2.45, 2.75) is 16.0 Å². The number of carbonyl (C=O) groups is 1. The minimum atomic E-state index is -0.838. The lowest BCUT2D eigenvalue weighted by Gasteiger charge is -2.09. The fourth-order valence-corrected chi connectivity index (χ4v) is 3.63. The Morgan fingerprint density at radius 1 is 1.44 bits per heavy atom. The van der Waals surface area contributed by atoms with Crippen molar-refractivity contribution in [1.82, 2.24) is 4.98 Å². The summed E-state index contributed by atoms with van der Waals surface area (Å²) in [5, 5.41) is 10.8. The second-order valence-electron chi connectivity index (χ2n) is 3.57. The topological polar surface area (TPSA) is 50.2 Å². The van der Waals surface area contributed by atoms with Crippen LogP contribution in [0.25, 0.3) is 0 Å². The van der Waals surface area contributed by atoms with Crippen LogP contribution in [-0.4, -0.2) is 21.3 Å². The van der Waals surface area contributed by atoms with E-state index in [1.54, 1.807) is 5.38 Å². The SMILES string of the molecule is O=C(O)C(Cc1ccccc1)Sc1nc(Cl)cs1. The molecule has 1 heterocycles. The highest BCUT2D eigenvalue weighted by Crippen LogP contribution is 2.30. The molecule has 0 bridgehead atoms. The van der Waals surface area contributed by atoms with Gasteiger partial charge in [0, 0.05) is 5.38 Å². The molecule has 0 aliphatic heterocycles. The number of carboxylic acid groups (broad SMARTS) is 1. The number of nitrogens with zero attached hydrogens (tertiary/aromatic N) is 1. The Balaban J connectivity index is 2.07. The van der Waals surface area contributed by atoms with Gasteiger partial charge in [0.2, 0.25) is 0 Å². The number of benzene rings is 1. The molecular weight excluding hydrogens is 290 g/mol. The van der Waals surface area contributed by atoms with Crippen molar-refractivity contribution in [2.24, 2.45) is 0 Å². The van der Waals surface area contributed by atoms with Gasteiger partial charge in [0.25, 0.3) is 0 Å².